The highest BCUT2D eigenvalue weighted by Crippen LogP contribution is 2.29. The van der Waals surface area contributed by atoms with E-state index >= 15 is 0 Å². The zero-order valence-electron chi connectivity index (χ0n) is 9.75. The van der Waals surface area contributed by atoms with E-state index in [-0.39, 0.29) is 6.61 Å². The van der Waals surface area contributed by atoms with E-state index in [2.05, 4.69) is 73.1 Å². The number of carbonyl (C=O) groups is 2. The van der Waals surface area contributed by atoms with Gasteiger partial charge in [0.15, 0.2) is 6.04 Å². The van der Waals surface area contributed by atoms with Crippen LogP contribution in [0, 0.1) is 10.7 Å². The summed E-state index contributed by atoms with van der Waals surface area (Å²) in [6.45, 7) is 1.16. The van der Waals surface area contributed by atoms with Crippen molar-refractivity contribution in [2.75, 3.05) is 6.61 Å². The molecule has 8 heteroatoms. The molecular weight excluding hydrogens is 591 g/mol. The Morgan fingerprint density at radius 2 is 1.84 bits per heavy atom. The number of nitrogens with one attached hydrogen (secondary N) is 1. The van der Waals surface area contributed by atoms with Gasteiger partial charge < -0.3 is 15.2 Å². The topological polar surface area (TPSA) is 75.6 Å². The average molecular weight is 601 g/mol. The van der Waals surface area contributed by atoms with Crippen LogP contribution >= 0.6 is 67.8 Å². The van der Waals surface area contributed by atoms with Crippen LogP contribution in [0.5, 0.6) is 5.75 Å². The molecule has 0 aromatic heterocycles. The molecule has 0 spiro atoms. The standard InChI is InChI=1S/C11H10I3NO4/c1-5(16)15-9(11(17)18)4-19-10-7(13)2-6(12)3-8(10)14/h2-3,9H,4H2,1H3,(H,15,16)(H,17,18). The van der Waals surface area contributed by atoms with Gasteiger partial charge in [-0.2, -0.15) is 0 Å². The molecule has 0 saturated heterocycles. The van der Waals surface area contributed by atoms with Gasteiger partial charge >= 0.3 is 5.97 Å². The number of rotatable bonds is 5. The van der Waals surface area contributed by atoms with Gasteiger partial charge in [0.1, 0.15) is 12.4 Å². The molecule has 0 aliphatic rings. The van der Waals surface area contributed by atoms with Crippen molar-refractivity contribution in [1.82, 2.24) is 5.32 Å². The van der Waals surface area contributed by atoms with Gasteiger partial charge in [0.2, 0.25) is 5.91 Å². The Morgan fingerprint density at radius 1 is 1.32 bits per heavy atom. The predicted octanol–water partition coefficient (Wildman–Crippen LogP) is 2.47. The summed E-state index contributed by atoms with van der Waals surface area (Å²) in [6.07, 6.45) is 0. The highest BCUT2D eigenvalue weighted by molar-refractivity contribution is 14.1. The van der Waals surface area contributed by atoms with Crippen molar-refractivity contribution in [3.63, 3.8) is 0 Å². The summed E-state index contributed by atoms with van der Waals surface area (Å²) in [5.74, 6) is -0.882. The SMILES string of the molecule is CC(=O)NC(COc1c(I)cc(I)cc1I)C(=O)O. The van der Waals surface area contributed by atoms with E-state index in [4.69, 9.17) is 9.84 Å². The molecule has 19 heavy (non-hydrogen) atoms. The van der Waals surface area contributed by atoms with Gasteiger partial charge in [-0.25, -0.2) is 4.79 Å². The largest absolute Gasteiger partial charge is 0.489 e. The number of hydrogen-bond acceptors (Lipinski definition) is 3. The summed E-state index contributed by atoms with van der Waals surface area (Å²) in [4.78, 5) is 21.9. The van der Waals surface area contributed by atoms with Crippen molar-refractivity contribution in [2.45, 2.75) is 13.0 Å². The van der Waals surface area contributed by atoms with Crippen LogP contribution in [0.25, 0.3) is 0 Å². The minimum Gasteiger partial charge on any atom is -0.489 e. The lowest BCUT2D eigenvalue weighted by atomic mass is 10.3. The minimum absolute atomic E-state index is 0.110. The fourth-order valence-electron chi connectivity index (χ4n) is 1.25. The van der Waals surface area contributed by atoms with E-state index in [1.807, 2.05) is 12.1 Å². The van der Waals surface area contributed by atoms with Crippen molar-refractivity contribution in [3.05, 3.63) is 22.8 Å². The minimum atomic E-state index is -1.12. The third kappa shape index (κ3) is 5.57. The number of hydrogen-bond donors (Lipinski definition) is 2. The summed E-state index contributed by atoms with van der Waals surface area (Å²) in [6, 6.07) is 2.82. The molecule has 1 unspecified atom stereocenters. The Balaban J connectivity index is 2.80. The lowest BCUT2D eigenvalue weighted by Crippen LogP contribution is -2.43. The van der Waals surface area contributed by atoms with Crippen molar-refractivity contribution in [3.8, 4) is 5.75 Å². The maximum Gasteiger partial charge on any atom is 0.329 e. The van der Waals surface area contributed by atoms with E-state index in [0.717, 1.165) is 10.7 Å². The first-order valence-electron chi connectivity index (χ1n) is 5.08. The molecule has 1 aromatic carbocycles. The van der Waals surface area contributed by atoms with Gasteiger partial charge in [-0.05, 0) is 79.9 Å². The monoisotopic (exact) mass is 601 g/mol. The van der Waals surface area contributed by atoms with Crippen LogP contribution in [0.4, 0.5) is 0 Å². The second-order valence-corrected chi connectivity index (χ2v) is 7.17. The number of carboxylic acids is 1. The first kappa shape index (κ1) is 17.2. The number of carboxylic acid groups (broad SMARTS) is 1. The van der Waals surface area contributed by atoms with E-state index in [9.17, 15) is 9.59 Å². The van der Waals surface area contributed by atoms with Crippen LogP contribution in [-0.2, 0) is 9.59 Å². The van der Waals surface area contributed by atoms with Crippen molar-refractivity contribution >= 4 is 79.6 Å². The van der Waals surface area contributed by atoms with Crippen LogP contribution in [0.1, 0.15) is 6.92 Å². The summed E-state index contributed by atoms with van der Waals surface area (Å²) in [7, 11) is 0. The molecule has 0 radical (unpaired) electrons. The molecule has 0 aliphatic carbocycles. The number of benzene rings is 1. The molecule has 2 N–H and O–H groups in total. The van der Waals surface area contributed by atoms with Gasteiger partial charge in [-0.15, -0.1) is 0 Å². The second-order valence-electron chi connectivity index (χ2n) is 3.60. The molecule has 1 amide bonds. The molecule has 1 aromatic rings. The molecule has 0 fully saturated rings. The van der Waals surface area contributed by atoms with Gasteiger partial charge in [0.25, 0.3) is 0 Å². The van der Waals surface area contributed by atoms with Crippen LogP contribution in [0.3, 0.4) is 0 Å². The number of carbonyl (C=O) groups excluding carboxylic acids is 1. The Hall–Kier alpha value is 0.150. The van der Waals surface area contributed by atoms with Crippen LogP contribution in [0.2, 0.25) is 0 Å². The van der Waals surface area contributed by atoms with Crippen molar-refractivity contribution < 1.29 is 19.4 Å². The lowest BCUT2D eigenvalue weighted by Gasteiger charge is -2.16. The van der Waals surface area contributed by atoms with Gasteiger partial charge in [0, 0.05) is 10.5 Å². The molecule has 0 heterocycles. The third-order valence-electron chi connectivity index (χ3n) is 2.03. The van der Waals surface area contributed by atoms with Crippen molar-refractivity contribution in [1.29, 1.82) is 0 Å². The summed E-state index contributed by atoms with van der Waals surface area (Å²) in [5.41, 5.74) is 0. The molecule has 1 atom stereocenters. The predicted molar refractivity (Wildman–Crippen MR) is 95.3 cm³/mol. The second kappa shape index (κ2) is 7.81. The van der Waals surface area contributed by atoms with E-state index < -0.39 is 17.9 Å². The van der Waals surface area contributed by atoms with Crippen molar-refractivity contribution in [2.24, 2.45) is 0 Å². The Kier molecular flexibility index (Phi) is 7.07. The maximum atomic E-state index is 11.0. The number of amides is 1. The van der Waals surface area contributed by atoms with Crippen LogP contribution in [0.15, 0.2) is 12.1 Å². The maximum absolute atomic E-state index is 11.0. The molecular formula is C11H10I3NO4. The van der Waals surface area contributed by atoms with Gasteiger partial charge in [0.05, 0.1) is 7.14 Å². The molecule has 0 bridgehead atoms. The summed E-state index contributed by atoms with van der Waals surface area (Å²) < 4.78 is 8.42. The van der Waals surface area contributed by atoms with Crippen LogP contribution < -0.4 is 10.1 Å². The Labute approximate surface area is 151 Å². The van der Waals surface area contributed by atoms with Crippen LogP contribution in [-0.4, -0.2) is 29.6 Å². The van der Waals surface area contributed by atoms with E-state index in [0.29, 0.717) is 5.75 Å². The first-order valence-corrected chi connectivity index (χ1v) is 8.32. The fraction of sp³-hybridized carbons (Fsp3) is 0.273. The Bertz CT molecular complexity index is 484. The number of halogens is 3. The van der Waals surface area contributed by atoms with Gasteiger partial charge in [-0.3, -0.25) is 4.79 Å². The molecule has 0 saturated carbocycles. The molecule has 5 nitrogen and oxygen atoms in total. The molecule has 104 valence electrons. The smallest absolute Gasteiger partial charge is 0.329 e. The lowest BCUT2D eigenvalue weighted by molar-refractivity contribution is -0.142. The van der Waals surface area contributed by atoms with E-state index in [1.54, 1.807) is 0 Å². The molecule has 0 aliphatic heterocycles. The average Bonchev–Trinajstić information content (AvgIpc) is 2.25. The Morgan fingerprint density at radius 3 is 2.26 bits per heavy atom. The van der Waals surface area contributed by atoms with E-state index in [1.165, 1.54) is 6.92 Å². The normalized spacial score (nSPS) is 11.8. The number of aliphatic carboxylic acids is 1. The highest BCUT2D eigenvalue weighted by atomic mass is 127. The summed E-state index contributed by atoms with van der Waals surface area (Å²) in [5, 5.41) is 11.3. The third-order valence-corrected chi connectivity index (χ3v) is 4.26. The highest BCUT2D eigenvalue weighted by Gasteiger charge is 2.20. The fourth-order valence-corrected chi connectivity index (χ4v) is 5.15. The summed E-state index contributed by atoms with van der Waals surface area (Å²) >= 11 is 6.46. The first-order chi connectivity index (χ1) is 8.81. The molecule has 1 rings (SSSR count). The zero-order chi connectivity index (χ0) is 14.6. The number of ether oxygens (including phenoxy) is 1. The quantitative estimate of drug-likeness (QED) is 0.510. The zero-order valence-corrected chi connectivity index (χ0v) is 16.2. The van der Waals surface area contributed by atoms with Gasteiger partial charge in [-0.1, -0.05) is 0 Å².